The average Bonchev–Trinajstić information content (AvgIpc) is 2.49. The quantitative estimate of drug-likeness (QED) is 0.679. The van der Waals surface area contributed by atoms with E-state index in [1.54, 1.807) is 6.07 Å². The van der Waals surface area contributed by atoms with E-state index in [4.69, 9.17) is 4.74 Å². The third-order valence-electron chi connectivity index (χ3n) is 2.83. The van der Waals surface area contributed by atoms with Crippen LogP contribution in [0, 0.1) is 15.9 Å². The van der Waals surface area contributed by atoms with Gasteiger partial charge in [0, 0.05) is 17.8 Å². The molecule has 0 aliphatic carbocycles. The van der Waals surface area contributed by atoms with Gasteiger partial charge in [-0.1, -0.05) is 18.2 Å². The maximum Gasteiger partial charge on any atom is 0.271 e. The number of carbonyl (C=O) groups excluding carboxylic acids is 1. The molecule has 0 radical (unpaired) electrons. The highest BCUT2D eigenvalue weighted by molar-refractivity contribution is 5.94. The van der Waals surface area contributed by atoms with Crippen molar-refractivity contribution >= 4 is 17.3 Å². The zero-order valence-corrected chi connectivity index (χ0v) is 11.7. The summed E-state index contributed by atoms with van der Waals surface area (Å²) in [5.41, 5.74) is 0.128. The first kappa shape index (κ1) is 15.4. The van der Waals surface area contributed by atoms with Gasteiger partial charge in [0.2, 0.25) is 0 Å². The van der Waals surface area contributed by atoms with Crippen molar-refractivity contribution in [2.75, 3.05) is 5.32 Å². The molecule has 1 N–H and O–H groups in total. The molecule has 0 saturated carbocycles. The standard InChI is InChI=1S/C15H13FN2O4/c1-10(22-14-8-3-2-7-13(14)16)15(19)17-11-5-4-6-12(9-11)18(20)21/h2-10H,1H3,(H,17,19)/t10-/m1/s1. The summed E-state index contributed by atoms with van der Waals surface area (Å²) in [5, 5.41) is 13.2. The number of ether oxygens (including phenoxy) is 1. The number of nitrogens with one attached hydrogen (secondary N) is 1. The number of para-hydroxylation sites is 1. The van der Waals surface area contributed by atoms with Crippen LogP contribution in [-0.4, -0.2) is 16.9 Å². The first-order valence-electron chi connectivity index (χ1n) is 6.44. The van der Waals surface area contributed by atoms with Gasteiger partial charge in [-0.3, -0.25) is 14.9 Å². The van der Waals surface area contributed by atoms with Crippen LogP contribution in [0.25, 0.3) is 0 Å². The normalized spacial score (nSPS) is 11.5. The van der Waals surface area contributed by atoms with Crippen LogP contribution in [0.3, 0.4) is 0 Å². The average molecular weight is 304 g/mol. The molecule has 2 aromatic rings. The number of hydrogen-bond acceptors (Lipinski definition) is 4. The van der Waals surface area contributed by atoms with E-state index in [9.17, 15) is 19.3 Å². The van der Waals surface area contributed by atoms with Crippen LogP contribution in [0.4, 0.5) is 15.8 Å². The molecular weight excluding hydrogens is 291 g/mol. The van der Waals surface area contributed by atoms with Crippen LogP contribution < -0.4 is 10.1 Å². The Morgan fingerprint density at radius 3 is 2.68 bits per heavy atom. The van der Waals surface area contributed by atoms with E-state index in [2.05, 4.69) is 5.32 Å². The molecule has 0 bridgehead atoms. The third-order valence-corrected chi connectivity index (χ3v) is 2.83. The van der Waals surface area contributed by atoms with Crippen molar-refractivity contribution in [3.05, 3.63) is 64.5 Å². The maximum absolute atomic E-state index is 13.5. The third kappa shape index (κ3) is 3.78. The summed E-state index contributed by atoms with van der Waals surface area (Å²) in [6.07, 6.45) is -0.962. The lowest BCUT2D eigenvalue weighted by molar-refractivity contribution is -0.384. The molecule has 2 rings (SSSR count). The fourth-order valence-electron chi connectivity index (χ4n) is 1.73. The Bertz CT molecular complexity index is 705. The van der Waals surface area contributed by atoms with Crippen LogP contribution in [0.15, 0.2) is 48.5 Å². The largest absolute Gasteiger partial charge is 0.478 e. The monoisotopic (exact) mass is 304 g/mol. The fraction of sp³-hybridized carbons (Fsp3) is 0.133. The van der Waals surface area contributed by atoms with E-state index in [-0.39, 0.29) is 17.1 Å². The van der Waals surface area contributed by atoms with Crippen molar-refractivity contribution in [2.45, 2.75) is 13.0 Å². The Labute approximate surface area is 125 Å². The van der Waals surface area contributed by atoms with Crippen molar-refractivity contribution < 1.29 is 18.8 Å². The van der Waals surface area contributed by atoms with Gasteiger partial charge in [0.15, 0.2) is 17.7 Å². The van der Waals surface area contributed by atoms with Crippen molar-refractivity contribution in [1.82, 2.24) is 0 Å². The lowest BCUT2D eigenvalue weighted by atomic mass is 10.2. The van der Waals surface area contributed by atoms with Gasteiger partial charge in [0.05, 0.1) is 4.92 Å². The molecule has 0 saturated heterocycles. The molecule has 0 aliphatic heterocycles. The summed E-state index contributed by atoms with van der Waals surface area (Å²) in [6.45, 7) is 1.46. The smallest absolute Gasteiger partial charge is 0.271 e. The maximum atomic E-state index is 13.5. The molecular formula is C15H13FN2O4. The number of carbonyl (C=O) groups is 1. The molecule has 0 unspecified atom stereocenters. The van der Waals surface area contributed by atoms with Gasteiger partial charge in [-0.25, -0.2) is 4.39 Å². The Kier molecular flexibility index (Phi) is 4.67. The van der Waals surface area contributed by atoms with Gasteiger partial charge in [-0.2, -0.15) is 0 Å². The topological polar surface area (TPSA) is 81.5 Å². The molecule has 0 heterocycles. The summed E-state index contributed by atoms with van der Waals surface area (Å²) in [7, 11) is 0. The minimum absolute atomic E-state index is 0.0378. The van der Waals surface area contributed by atoms with E-state index in [1.165, 1.54) is 49.4 Å². The molecule has 0 fully saturated rings. The van der Waals surface area contributed by atoms with Crippen molar-refractivity contribution in [1.29, 1.82) is 0 Å². The number of anilines is 1. The van der Waals surface area contributed by atoms with Gasteiger partial charge >= 0.3 is 0 Å². The summed E-state index contributed by atoms with van der Waals surface area (Å²) in [6, 6.07) is 11.2. The van der Waals surface area contributed by atoms with Gasteiger partial charge < -0.3 is 10.1 Å². The number of nitro benzene ring substituents is 1. The van der Waals surface area contributed by atoms with Gasteiger partial charge in [-0.15, -0.1) is 0 Å². The highest BCUT2D eigenvalue weighted by atomic mass is 19.1. The molecule has 22 heavy (non-hydrogen) atoms. The van der Waals surface area contributed by atoms with Crippen molar-refractivity contribution in [3.8, 4) is 5.75 Å². The highest BCUT2D eigenvalue weighted by Crippen LogP contribution is 2.19. The van der Waals surface area contributed by atoms with Crippen molar-refractivity contribution in [3.63, 3.8) is 0 Å². The molecule has 114 valence electrons. The molecule has 7 heteroatoms. The van der Waals surface area contributed by atoms with Crippen LogP contribution in [0.5, 0.6) is 5.75 Å². The summed E-state index contributed by atoms with van der Waals surface area (Å²) >= 11 is 0. The number of nitrogens with zero attached hydrogens (tertiary/aromatic N) is 1. The van der Waals surface area contributed by atoms with E-state index >= 15 is 0 Å². The zero-order valence-electron chi connectivity index (χ0n) is 11.7. The van der Waals surface area contributed by atoms with Gasteiger partial charge in [0.25, 0.3) is 11.6 Å². The fourth-order valence-corrected chi connectivity index (χ4v) is 1.73. The van der Waals surface area contributed by atoms with Gasteiger partial charge in [0.1, 0.15) is 0 Å². The number of rotatable bonds is 5. The van der Waals surface area contributed by atoms with Crippen molar-refractivity contribution in [2.24, 2.45) is 0 Å². The minimum atomic E-state index is -0.962. The summed E-state index contributed by atoms with van der Waals surface area (Å²) in [5.74, 6) is -1.15. The number of amides is 1. The SMILES string of the molecule is C[C@@H](Oc1ccccc1F)C(=O)Nc1cccc([N+](=O)[O-])c1. The highest BCUT2D eigenvalue weighted by Gasteiger charge is 2.17. The molecule has 0 spiro atoms. The Hall–Kier alpha value is -2.96. The predicted octanol–water partition coefficient (Wildman–Crippen LogP) is 3.14. The molecule has 2 aromatic carbocycles. The number of benzene rings is 2. The van der Waals surface area contributed by atoms with Gasteiger partial charge in [-0.05, 0) is 25.1 Å². The number of halogens is 1. The molecule has 1 atom stereocenters. The molecule has 0 aliphatic rings. The van der Waals surface area contributed by atoms with E-state index < -0.39 is 22.8 Å². The second kappa shape index (κ2) is 6.66. The Morgan fingerprint density at radius 2 is 2.00 bits per heavy atom. The van der Waals surface area contributed by atoms with E-state index in [0.717, 1.165) is 0 Å². The van der Waals surface area contributed by atoms with E-state index in [1.807, 2.05) is 0 Å². The number of non-ortho nitro benzene ring substituents is 1. The molecule has 6 nitrogen and oxygen atoms in total. The summed E-state index contributed by atoms with van der Waals surface area (Å²) < 4.78 is 18.7. The number of nitro groups is 1. The molecule has 1 amide bonds. The molecule has 0 aromatic heterocycles. The van der Waals surface area contributed by atoms with Crippen LogP contribution >= 0.6 is 0 Å². The minimum Gasteiger partial charge on any atom is -0.478 e. The number of hydrogen-bond donors (Lipinski definition) is 1. The second-order valence-electron chi connectivity index (χ2n) is 4.49. The first-order valence-corrected chi connectivity index (χ1v) is 6.44. The first-order chi connectivity index (χ1) is 10.5. The van der Waals surface area contributed by atoms with Crippen LogP contribution in [0.2, 0.25) is 0 Å². The lowest BCUT2D eigenvalue weighted by Gasteiger charge is -2.15. The summed E-state index contributed by atoms with van der Waals surface area (Å²) in [4.78, 5) is 22.1. The zero-order chi connectivity index (χ0) is 16.1. The second-order valence-corrected chi connectivity index (χ2v) is 4.49. The predicted molar refractivity (Wildman–Crippen MR) is 78.2 cm³/mol. The van der Waals surface area contributed by atoms with Crippen LogP contribution in [-0.2, 0) is 4.79 Å². The van der Waals surface area contributed by atoms with E-state index in [0.29, 0.717) is 0 Å². The van der Waals surface area contributed by atoms with Crippen LogP contribution in [0.1, 0.15) is 6.92 Å². The Balaban J connectivity index is 2.04. The Morgan fingerprint density at radius 1 is 1.27 bits per heavy atom. The lowest BCUT2D eigenvalue weighted by Crippen LogP contribution is -2.30.